The Balaban J connectivity index is 1.87. The maximum absolute atomic E-state index is 12.6. The molecule has 10 heteroatoms. The number of ether oxygens (including phenoxy) is 1. The Morgan fingerprint density at radius 2 is 2.10 bits per heavy atom. The van der Waals surface area contributed by atoms with Gasteiger partial charge in [-0.15, -0.1) is 0 Å². The Bertz CT molecular complexity index is 1040. The van der Waals surface area contributed by atoms with Crippen molar-refractivity contribution in [1.82, 2.24) is 20.1 Å². The third kappa shape index (κ3) is 4.79. The van der Waals surface area contributed by atoms with Crippen molar-refractivity contribution >= 4 is 28.5 Å². The van der Waals surface area contributed by atoms with Gasteiger partial charge in [-0.1, -0.05) is 6.07 Å². The molecule has 2 heterocycles. The molecule has 0 saturated heterocycles. The number of rotatable bonds is 7. The zero-order chi connectivity index (χ0) is 21.0. The second-order valence-electron chi connectivity index (χ2n) is 6.29. The average molecular weight is 415 g/mol. The first-order valence-corrected chi connectivity index (χ1v) is 9.73. The molecule has 1 atom stereocenters. The van der Waals surface area contributed by atoms with Gasteiger partial charge in [0.05, 0.1) is 30.9 Å². The van der Waals surface area contributed by atoms with Gasteiger partial charge in [0.15, 0.2) is 0 Å². The van der Waals surface area contributed by atoms with E-state index < -0.39 is 11.3 Å². The van der Waals surface area contributed by atoms with Gasteiger partial charge in [0.2, 0.25) is 5.88 Å². The number of pyridine rings is 1. The maximum Gasteiger partial charge on any atom is 0.266 e. The number of nitrogens with zero attached hydrogens (tertiary/aromatic N) is 4. The zero-order valence-electron chi connectivity index (χ0n) is 16.2. The molecule has 2 aromatic heterocycles. The Labute approximate surface area is 170 Å². The van der Waals surface area contributed by atoms with Crippen LogP contribution in [-0.2, 0) is 24.9 Å². The molecular weight excluding hydrogens is 394 g/mol. The highest BCUT2D eigenvalue weighted by atomic mass is 32.2. The smallest absolute Gasteiger partial charge is 0.266 e. The van der Waals surface area contributed by atoms with Crippen LogP contribution in [0.25, 0.3) is 0 Å². The van der Waals surface area contributed by atoms with Crippen LogP contribution >= 0.6 is 0 Å². The minimum absolute atomic E-state index is 0.299. The van der Waals surface area contributed by atoms with Crippen molar-refractivity contribution in [1.29, 1.82) is 0 Å². The minimum Gasteiger partial charge on any atom is -0.481 e. The molecule has 1 unspecified atom stereocenters. The van der Waals surface area contributed by atoms with Crippen LogP contribution in [0.15, 0.2) is 48.9 Å². The van der Waals surface area contributed by atoms with Crippen molar-refractivity contribution in [2.24, 2.45) is 7.05 Å². The van der Waals surface area contributed by atoms with Crippen LogP contribution < -0.4 is 14.4 Å². The minimum atomic E-state index is -2.37. The fraction of sp³-hybridized carbons (Fsp3) is 0.211. The van der Waals surface area contributed by atoms with Gasteiger partial charge in [0, 0.05) is 37.0 Å². The molecule has 0 aliphatic carbocycles. The molecule has 1 aromatic carbocycles. The van der Waals surface area contributed by atoms with Crippen molar-refractivity contribution in [3.63, 3.8) is 0 Å². The van der Waals surface area contributed by atoms with Crippen molar-refractivity contribution in [2.75, 3.05) is 11.4 Å². The first kappa shape index (κ1) is 20.5. The SMILES string of the molecule is COc1ccc(N(c2cc(C(=O)NCc3cnn(C)c3)ccc2C)S(=O)O)cn1. The molecular formula is C19H21N5O4S. The first-order chi connectivity index (χ1) is 13.9. The molecule has 29 heavy (non-hydrogen) atoms. The number of methoxy groups -OCH3 is 1. The van der Waals surface area contributed by atoms with Crippen LogP contribution in [0.2, 0.25) is 0 Å². The normalized spacial score (nSPS) is 11.7. The molecule has 9 nitrogen and oxygen atoms in total. The lowest BCUT2D eigenvalue weighted by Crippen LogP contribution is -2.24. The van der Waals surface area contributed by atoms with Crippen LogP contribution in [0, 0.1) is 6.92 Å². The van der Waals surface area contributed by atoms with Gasteiger partial charge in [-0.2, -0.15) is 5.10 Å². The molecule has 0 radical (unpaired) electrons. The summed E-state index contributed by atoms with van der Waals surface area (Å²) < 4.78 is 29.8. The Kier molecular flexibility index (Phi) is 6.25. The number of hydrogen-bond donors (Lipinski definition) is 2. The summed E-state index contributed by atoms with van der Waals surface area (Å²) in [5, 5.41) is 6.88. The zero-order valence-corrected chi connectivity index (χ0v) is 17.0. The Hall–Kier alpha value is -3.24. The van der Waals surface area contributed by atoms with E-state index in [9.17, 15) is 13.6 Å². The van der Waals surface area contributed by atoms with Crippen LogP contribution in [0.5, 0.6) is 5.88 Å². The fourth-order valence-corrected chi connectivity index (χ4v) is 3.40. The van der Waals surface area contributed by atoms with Gasteiger partial charge in [0.25, 0.3) is 17.2 Å². The number of carbonyl (C=O) groups is 1. The van der Waals surface area contributed by atoms with Crippen molar-refractivity contribution in [2.45, 2.75) is 13.5 Å². The Morgan fingerprint density at radius 3 is 2.69 bits per heavy atom. The van der Waals surface area contributed by atoms with Gasteiger partial charge in [-0.05, 0) is 30.7 Å². The molecule has 3 rings (SSSR count). The lowest BCUT2D eigenvalue weighted by atomic mass is 10.1. The van der Waals surface area contributed by atoms with Gasteiger partial charge in [0.1, 0.15) is 0 Å². The first-order valence-electron chi connectivity index (χ1n) is 8.66. The van der Waals surface area contributed by atoms with Crippen molar-refractivity contribution in [3.05, 3.63) is 65.6 Å². The van der Waals surface area contributed by atoms with Gasteiger partial charge in [-0.25, -0.2) is 13.5 Å². The highest BCUT2D eigenvalue weighted by Crippen LogP contribution is 2.31. The van der Waals surface area contributed by atoms with E-state index in [1.54, 1.807) is 55.2 Å². The number of aromatic nitrogens is 3. The molecule has 2 N–H and O–H groups in total. The number of benzene rings is 1. The lowest BCUT2D eigenvalue weighted by molar-refractivity contribution is 0.0951. The monoisotopic (exact) mass is 415 g/mol. The highest BCUT2D eigenvalue weighted by molar-refractivity contribution is 7.81. The van der Waals surface area contributed by atoms with Crippen molar-refractivity contribution in [3.8, 4) is 5.88 Å². The Morgan fingerprint density at radius 1 is 1.31 bits per heavy atom. The van der Waals surface area contributed by atoms with E-state index in [4.69, 9.17) is 4.74 Å². The van der Waals surface area contributed by atoms with Crippen LogP contribution in [0.1, 0.15) is 21.5 Å². The summed E-state index contributed by atoms with van der Waals surface area (Å²) in [7, 11) is 3.29. The summed E-state index contributed by atoms with van der Waals surface area (Å²) in [6.07, 6.45) is 4.92. The van der Waals surface area contributed by atoms with E-state index in [-0.39, 0.29) is 5.91 Å². The molecule has 0 saturated carbocycles. The van der Waals surface area contributed by atoms with Gasteiger partial charge >= 0.3 is 0 Å². The van der Waals surface area contributed by atoms with E-state index in [1.165, 1.54) is 17.6 Å². The number of amides is 1. The number of aryl methyl sites for hydroxylation is 2. The lowest BCUT2D eigenvalue weighted by Gasteiger charge is -2.22. The highest BCUT2D eigenvalue weighted by Gasteiger charge is 2.20. The van der Waals surface area contributed by atoms with E-state index in [2.05, 4.69) is 15.4 Å². The van der Waals surface area contributed by atoms with Crippen molar-refractivity contribution < 1.29 is 18.3 Å². The molecule has 0 aliphatic heterocycles. The average Bonchev–Trinajstić information content (AvgIpc) is 3.13. The summed E-state index contributed by atoms with van der Waals surface area (Å²) in [6, 6.07) is 8.18. The fourth-order valence-electron chi connectivity index (χ4n) is 2.74. The van der Waals surface area contributed by atoms with E-state index in [0.717, 1.165) is 11.1 Å². The summed E-state index contributed by atoms with van der Waals surface area (Å²) in [4.78, 5) is 16.7. The van der Waals surface area contributed by atoms with Gasteiger partial charge < -0.3 is 10.1 Å². The molecule has 1 amide bonds. The van der Waals surface area contributed by atoms with E-state index in [0.29, 0.717) is 29.4 Å². The maximum atomic E-state index is 12.6. The molecule has 0 bridgehead atoms. The molecule has 0 fully saturated rings. The summed E-state index contributed by atoms with van der Waals surface area (Å²) in [6.45, 7) is 2.12. The second-order valence-corrected chi connectivity index (χ2v) is 7.12. The second kappa shape index (κ2) is 8.84. The predicted octanol–water partition coefficient (Wildman–Crippen LogP) is 2.34. The topological polar surface area (TPSA) is 110 Å². The molecule has 3 aromatic rings. The number of carbonyl (C=O) groups excluding carboxylic acids is 1. The largest absolute Gasteiger partial charge is 0.481 e. The van der Waals surface area contributed by atoms with E-state index in [1.807, 2.05) is 6.20 Å². The quantitative estimate of drug-likeness (QED) is 0.573. The standard InChI is InChI=1S/C19H21N5O4S/c1-13-4-5-15(19(25)21-9-14-10-22-23(2)12-14)8-17(13)24(29(26)27)16-6-7-18(28-3)20-11-16/h4-8,10-12H,9H2,1-3H3,(H,21,25)(H,26,27). The number of hydrogen-bond acceptors (Lipinski definition) is 5. The molecule has 0 spiro atoms. The van der Waals surface area contributed by atoms with Crippen LogP contribution in [0.3, 0.4) is 0 Å². The number of nitrogens with one attached hydrogen (secondary N) is 1. The summed E-state index contributed by atoms with van der Waals surface area (Å²) >= 11 is -2.37. The molecule has 0 aliphatic rings. The summed E-state index contributed by atoms with van der Waals surface area (Å²) in [5.41, 5.74) is 2.78. The summed E-state index contributed by atoms with van der Waals surface area (Å²) in [5.74, 6) is 0.0873. The van der Waals surface area contributed by atoms with Crippen LogP contribution in [-0.4, -0.2) is 36.5 Å². The molecule has 152 valence electrons. The number of anilines is 2. The third-order valence-corrected chi connectivity index (χ3v) is 4.94. The third-order valence-electron chi connectivity index (χ3n) is 4.22. The van der Waals surface area contributed by atoms with Crippen LogP contribution in [0.4, 0.5) is 11.4 Å². The van der Waals surface area contributed by atoms with E-state index >= 15 is 0 Å². The predicted molar refractivity (Wildman–Crippen MR) is 109 cm³/mol. The van der Waals surface area contributed by atoms with Gasteiger partial charge in [-0.3, -0.25) is 14.0 Å².